The first-order valence-corrected chi connectivity index (χ1v) is 12.9. The highest BCUT2D eigenvalue weighted by molar-refractivity contribution is 7.09. The maximum absolute atomic E-state index is 17.2. The van der Waals surface area contributed by atoms with Crippen LogP contribution in [0.25, 0.3) is 0 Å². The number of rotatable bonds is 5. The summed E-state index contributed by atoms with van der Waals surface area (Å²) in [6, 6.07) is 3.75. The minimum absolute atomic E-state index is 0.0493. The van der Waals surface area contributed by atoms with Crippen LogP contribution < -0.4 is 0 Å². The van der Waals surface area contributed by atoms with E-state index < -0.39 is 64.2 Å². The van der Waals surface area contributed by atoms with Crippen LogP contribution >= 0.6 is 11.3 Å². The van der Waals surface area contributed by atoms with Crippen LogP contribution in [-0.4, -0.2) is 56.7 Å². The van der Waals surface area contributed by atoms with Crippen molar-refractivity contribution in [3.8, 4) is 0 Å². The zero-order chi connectivity index (χ0) is 25.3. The van der Waals surface area contributed by atoms with Gasteiger partial charge in [-0.1, -0.05) is 19.1 Å². The Balaban J connectivity index is 1.50. The fourth-order valence-corrected chi connectivity index (χ4v) is 8.68. The monoisotopic (exact) mass is 507 g/mol. The summed E-state index contributed by atoms with van der Waals surface area (Å²) in [6.07, 6.45) is 0.678. The van der Waals surface area contributed by atoms with Crippen LogP contribution in [0.3, 0.4) is 0 Å². The van der Waals surface area contributed by atoms with Crippen LogP contribution in [0, 0.1) is 34.5 Å². The van der Waals surface area contributed by atoms with Gasteiger partial charge in [-0.15, -0.1) is 11.3 Å². The third-order valence-corrected chi connectivity index (χ3v) is 10.3. The number of halogens is 2. The van der Waals surface area contributed by atoms with E-state index >= 15 is 8.78 Å². The second kappa shape index (κ2) is 8.30. The van der Waals surface area contributed by atoms with E-state index in [2.05, 4.69) is 0 Å². The molecule has 3 saturated carbocycles. The van der Waals surface area contributed by atoms with Crippen molar-refractivity contribution in [1.82, 2.24) is 5.06 Å². The van der Waals surface area contributed by atoms with Gasteiger partial charge in [-0.3, -0.25) is 9.59 Å². The summed E-state index contributed by atoms with van der Waals surface area (Å²) >= 11 is 1.48. The van der Waals surface area contributed by atoms with E-state index in [4.69, 9.17) is 0 Å². The Kier molecular flexibility index (Phi) is 5.86. The molecule has 3 N–H and O–H groups in total. The highest BCUT2D eigenvalue weighted by Crippen LogP contribution is 2.70. The molecule has 0 radical (unpaired) electrons. The Morgan fingerprint density at radius 2 is 2.03 bits per heavy atom. The summed E-state index contributed by atoms with van der Waals surface area (Å²) in [7, 11) is 0. The number of nitrogens with zero attached hydrogens (tertiary/aromatic N) is 1. The van der Waals surface area contributed by atoms with Gasteiger partial charge >= 0.3 is 5.97 Å². The van der Waals surface area contributed by atoms with Crippen molar-refractivity contribution in [2.24, 2.45) is 34.5 Å². The molecule has 190 valence electrons. The van der Waals surface area contributed by atoms with E-state index in [9.17, 15) is 25.0 Å². The lowest BCUT2D eigenvalue weighted by Gasteiger charge is -2.62. The highest BCUT2D eigenvalue weighted by Gasteiger charge is 2.73. The average molecular weight is 508 g/mol. The highest BCUT2D eigenvalue weighted by atomic mass is 32.1. The smallest absolute Gasteiger partial charge is 0.307 e. The van der Waals surface area contributed by atoms with Gasteiger partial charge in [-0.25, -0.2) is 8.78 Å². The van der Waals surface area contributed by atoms with Crippen molar-refractivity contribution >= 4 is 23.1 Å². The number of aliphatic carboxylic acids is 1. The summed E-state index contributed by atoms with van der Waals surface area (Å²) in [5, 5.41) is 35.1. The fourth-order valence-electron chi connectivity index (χ4n) is 7.97. The zero-order valence-electron chi connectivity index (χ0n) is 19.7. The van der Waals surface area contributed by atoms with Gasteiger partial charge in [0.1, 0.15) is 6.17 Å². The number of carbonyl (C=O) groups is 2. The molecule has 9 atom stereocenters. The molecule has 1 aromatic heterocycles. The predicted molar refractivity (Wildman–Crippen MR) is 125 cm³/mol. The number of aliphatic hydroxyl groups is 1. The van der Waals surface area contributed by atoms with E-state index in [1.54, 1.807) is 6.92 Å². The van der Waals surface area contributed by atoms with Gasteiger partial charge in [-0.05, 0) is 72.6 Å². The number of carboxylic acid groups (broad SMARTS) is 1. The van der Waals surface area contributed by atoms with Gasteiger partial charge in [0.15, 0.2) is 11.5 Å². The number of fused-ring (bicyclic) bond motifs is 5. The molecule has 0 aromatic carbocycles. The first-order valence-electron chi connectivity index (χ1n) is 12.1. The average Bonchev–Trinajstić information content (AvgIpc) is 3.37. The van der Waals surface area contributed by atoms with Crippen LogP contribution in [0.5, 0.6) is 0 Å². The zero-order valence-corrected chi connectivity index (χ0v) is 20.5. The Morgan fingerprint density at radius 1 is 1.29 bits per heavy atom. The lowest BCUT2D eigenvalue weighted by Crippen LogP contribution is -2.68. The molecule has 0 unspecified atom stereocenters. The van der Waals surface area contributed by atoms with Crippen molar-refractivity contribution in [3.63, 3.8) is 0 Å². The number of carbonyl (C=O) groups excluding carboxylic acids is 1. The first kappa shape index (κ1) is 24.7. The van der Waals surface area contributed by atoms with Crippen LogP contribution in [0.1, 0.15) is 38.0 Å². The molecule has 4 aliphatic carbocycles. The predicted octanol–water partition coefficient (Wildman–Crippen LogP) is 4.19. The molecule has 0 spiro atoms. The summed E-state index contributed by atoms with van der Waals surface area (Å²) in [6.45, 7) is 3.63. The third kappa shape index (κ3) is 3.49. The van der Waals surface area contributed by atoms with E-state index in [0.29, 0.717) is 6.42 Å². The normalized spacial score (nSPS) is 44.5. The number of aliphatic hydroxyl groups excluding tert-OH is 1. The van der Waals surface area contributed by atoms with E-state index in [-0.39, 0.29) is 31.5 Å². The number of ketones is 1. The molecule has 6 nitrogen and oxygen atoms in total. The quantitative estimate of drug-likeness (QED) is 0.517. The van der Waals surface area contributed by atoms with Crippen molar-refractivity contribution in [2.45, 2.75) is 57.6 Å². The molecule has 5 rings (SSSR count). The molecule has 0 bridgehead atoms. The summed E-state index contributed by atoms with van der Waals surface area (Å²) < 4.78 is 32.7. The lowest BCUT2D eigenvalue weighted by molar-refractivity contribution is -0.204. The van der Waals surface area contributed by atoms with Crippen molar-refractivity contribution < 1.29 is 33.8 Å². The first-order chi connectivity index (χ1) is 16.4. The number of hydroxylamine groups is 2. The molecule has 4 aliphatic rings. The van der Waals surface area contributed by atoms with E-state index in [1.807, 2.05) is 17.5 Å². The van der Waals surface area contributed by atoms with Crippen LogP contribution in [0.2, 0.25) is 0 Å². The van der Waals surface area contributed by atoms with E-state index in [0.717, 1.165) is 16.0 Å². The van der Waals surface area contributed by atoms with Gasteiger partial charge in [0.2, 0.25) is 0 Å². The minimum Gasteiger partial charge on any atom is -0.481 e. The number of carboxylic acids is 1. The Labute approximate surface area is 206 Å². The number of thiophene rings is 1. The molecule has 35 heavy (non-hydrogen) atoms. The van der Waals surface area contributed by atoms with Gasteiger partial charge in [-0.2, -0.15) is 5.06 Å². The minimum atomic E-state index is -2.24. The third-order valence-electron chi connectivity index (χ3n) is 9.43. The van der Waals surface area contributed by atoms with Gasteiger partial charge in [0.05, 0.1) is 18.6 Å². The van der Waals surface area contributed by atoms with Gasteiger partial charge < -0.3 is 15.4 Å². The number of hydrogen-bond acceptors (Lipinski definition) is 6. The summed E-state index contributed by atoms with van der Waals surface area (Å²) in [4.78, 5) is 25.4. The van der Waals surface area contributed by atoms with Crippen LogP contribution in [-0.2, 0) is 16.1 Å². The molecule has 9 heteroatoms. The Morgan fingerprint density at radius 3 is 2.69 bits per heavy atom. The summed E-state index contributed by atoms with van der Waals surface area (Å²) in [5.74, 6) is -4.30. The van der Waals surface area contributed by atoms with Gasteiger partial charge in [0, 0.05) is 22.8 Å². The molecule has 1 aromatic rings. The maximum Gasteiger partial charge on any atom is 0.307 e. The molecule has 3 fully saturated rings. The second-order valence-corrected chi connectivity index (χ2v) is 12.2. The molecular formula is C26H31F2NO5S. The number of allylic oxidation sites excluding steroid dienone is 4. The molecular weight excluding hydrogens is 476 g/mol. The summed E-state index contributed by atoms with van der Waals surface area (Å²) in [5.41, 5.74) is -4.65. The van der Waals surface area contributed by atoms with Crippen molar-refractivity contribution in [2.75, 3.05) is 6.54 Å². The topological polar surface area (TPSA) is 98.1 Å². The molecule has 0 amide bonds. The van der Waals surface area contributed by atoms with E-state index in [1.165, 1.54) is 30.4 Å². The molecule has 1 heterocycles. The standard InChI is InChI=1S/C26H31F2NO5S/c1-24-11-21(31)26(28)18(10-20(27)19-9-15(30)5-6-25(19,26)2)17(24)8-14(22(24)23(32)33)12-29(34)13-16-4-3-7-35-16/h3-7,9,14,17-18,20-22,31,34H,8,10-13H2,1-2H3,(H,32,33)/t14-,17-,18-,20-,21-,22+,24-,25-,26-/m0/s1. The molecule has 0 aliphatic heterocycles. The lowest BCUT2D eigenvalue weighted by atomic mass is 9.45. The Hall–Kier alpha value is -1.94. The van der Waals surface area contributed by atoms with Crippen LogP contribution in [0.15, 0.2) is 41.3 Å². The fraction of sp³-hybridized carbons (Fsp3) is 0.615. The second-order valence-electron chi connectivity index (χ2n) is 11.2. The van der Waals surface area contributed by atoms with Crippen molar-refractivity contribution in [1.29, 1.82) is 0 Å². The van der Waals surface area contributed by atoms with Crippen molar-refractivity contribution in [3.05, 3.63) is 46.2 Å². The SMILES string of the molecule is C[C@]12C[C@H](O)[C@@]3(F)[C@@H](C[C@H](F)C4=CC(=O)C=C[C@@]43C)[C@@H]1C[C@@H](CN(O)Cc1cccs1)[C@@H]2C(=O)O. The largest absolute Gasteiger partial charge is 0.481 e. The maximum atomic E-state index is 17.2. The van der Waals surface area contributed by atoms with Crippen LogP contribution in [0.4, 0.5) is 8.78 Å². The molecule has 0 saturated heterocycles. The van der Waals surface area contributed by atoms with Gasteiger partial charge in [0.25, 0.3) is 0 Å². The Bertz CT molecular complexity index is 1090. The number of alkyl halides is 2. The number of hydrogen-bond donors (Lipinski definition) is 3.